The van der Waals surface area contributed by atoms with Gasteiger partial charge in [-0.05, 0) is 49.2 Å². The van der Waals surface area contributed by atoms with Gasteiger partial charge in [0, 0.05) is 24.4 Å². The summed E-state index contributed by atoms with van der Waals surface area (Å²) in [6.07, 6.45) is 0.442. The fourth-order valence-electron chi connectivity index (χ4n) is 3.68. The normalized spacial score (nSPS) is 11.5. The van der Waals surface area contributed by atoms with E-state index in [0.717, 1.165) is 21.8 Å². The quantitative estimate of drug-likeness (QED) is 0.401. The predicted octanol–water partition coefficient (Wildman–Crippen LogP) is 4.87. The number of hydrogen-bond acceptors (Lipinski definition) is 4. The third-order valence-corrected chi connectivity index (χ3v) is 6.49. The minimum Gasteiger partial charge on any atom is -0.497 e. The molecule has 34 heavy (non-hydrogen) atoms. The Morgan fingerprint density at radius 1 is 0.971 bits per heavy atom. The van der Waals surface area contributed by atoms with Crippen molar-refractivity contribution in [3.63, 3.8) is 0 Å². The Hall–Kier alpha value is -3.25. The fourth-order valence-corrected chi connectivity index (χ4v) is 4.46. The van der Waals surface area contributed by atoms with Crippen LogP contribution >= 0.6 is 11.8 Å². The van der Waals surface area contributed by atoms with Gasteiger partial charge in [0.1, 0.15) is 11.8 Å². The zero-order chi connectivity index (χ0) is 24.3. The molecule has 0 heterocycles. The Bertz CT molecular complexity index is 1070. The van der Waals surface area contributed by atoms with E-state index in [1.807, 2.05) is 92.7 Å². The summed E-state index contributed by atoms with van der Waals surface area (Å²) in [5.74, 6) is 0.734. The minimum absolute atomic E-state index is 0.0828. The maximum absolute atomic E-state index is 13.6. The van der Waals surface area contributed by atoms with Gasteiger partial charge in [-0.15, -0.1) is 11.8 Å². The summed E-state index contributed by atoms with van der Waals surface area (Å²) in [4.78, 5) is 29.5. The molecule has 1 N–H and O–H groups in total. The highest BCUT2D eigenvalue weighted by Crippen LogP contribution is 2.22. The van der Waals surface area contributed by atoms with Crippen molar-refractivity contribution in [1.82, 2.24) is 10.2 Å². The molecule has 0 fully saturated rings. The van der Waals surface area contributed by atoms with E-state index in [1.54, 1.807) is 12.0 Å². The summed E-state index contributed by atoms with van der Waals surface area (Å²) in [6, 6.07) is 24.9. The van der Waals surface area contributed by atoms with Crippen molar-refractivity contribution < 1.29 is 14.3 Å². The van der Waals surface area contributed by atoms with E-state index in [-0.39, 0.29) is 17.6 Å². The zero-order valence-electron chi connectivity index (χ0n) is 20.0. The Morgan fingerprint density at radius 2 is 1.68 bits per heavy atom. The van der Waals surface area contributed by atoms with Crippen molar-refractivity contribution in [2.45, 2.75) is 37.8 Å². The van der Waals surface area contributed by atoms with Gasteiger partial charge in [0.05, 0.1) is 12.9 Å². The summed E-state index contributed by atoms with van der Waals surface area (Å²) in [6.45, 7) is 4.75. The predicted molar refractivity (Wildman–Crippen MR) is 138 cm³/mol. The number of methoxy groups -OCH3 is 1. The minimum atomic E-state index is -0.625. The molecule has 3 aromatic rings. The SMILES string of the molecule is CCNC(=O)C(Cc1ccccc1)N(Cc1cccc(OC)c1)C(=O)CSc1ccc(C)cc1. The molecule has 0 bridgehead atoms. The summed E-state index contributed by atoms with van der Waals surface area (Å²) in [5.41, 5.74) is 3.10. The molecule has 0 aliphatic rings. The topological polar surface area (TPSA) is 58.6 Å². The highest BCUT2D eigenvalue weighted by molar-refractivity contribution is 8.00. The van der Waals surface area contributed by atoms with Crippen molar-refractivity contribution in [3.8, 4) is 5.75 Å². The molecule has 0 aliphatic carbocycles. The summed E-state index contributed by atoms with van der Waals surface area (Å²) < 4.78 is 5.37. The van der Waals surface area contributed by atoms with Crippen LogP contribution in [0.3, 0.4) is 0 Å². The van der Waals surface area contributed by atoms with E-state index in [9.17, 15) is 9.59 Å². The smallest absolute Gasteiger partial charge is 0.243 e. The number of likely N-dealkylation sites (N-methyl/N-ethyl adjacent to an activating group) is 1. The number of amides is 2. The van der Waals surface area contributed by atoms with Gasteiger partial charge in [-0.1, -0.05) is 60.2 Å². The molecule has 5 nitrogen and oxygen atoms in total. The van der Waals surface area contributed by atoms with Crippen LogP contribution < -0.4 is 10.1 Å². The molecular formula is C28H32N2O3S. The molecule has 0 spiro atoms. The van der Waals surface area contributed by atoms with Crippen LogP contribution in [0.25, 0.3) is 0 Å². The summed E-state index contributed by atoms with van der Waals surface area (Å²) in [7, 11) is 1.62. The van der Waals surface area contributed by atoms with E-state index in [1.165, 1.54) is 17.3 Å². The molecule has 3 rings (SSSR count). The van der Waals surface area contributed by atoms with E-state index < -0.39 is 6.04 Å². The molecule has 1 atom stereocenters. The number of carbonyl (C=O) groups excluding carboxylic acids is 2. The second-order valence-corrected chi connectivity index (χ2v) is 9.12. The van der Waals surface area contributed by atoms with Gasteiger partial charge in [0.25, 0.3) is 0 Å². The lowest BCUT2D eigenvalue weighted by Gasteiger charge is -2.31. The molecule has 0 radical (unpaired) electrons. The van der Waals surface area contributed by atoms with Crippen molar-refractivity contribution in [2.75, 3.05) is 19.4 Å². The summed E-state index contributed by atoms with van der Waals surface area (Å²) in [5, 5.41) is 2.93. The first-order valence-corrected chi connectivity index (χ1v) is 12.4. The van der Waals surface area contributed by atoms with Crippen LogP contribution in [-0.4, -0.2) is 42.2 Å². The number of aryl methyl sites for hydroxylation is 1. The lowest BCUT2D eigenvalue weighted by atomic mass is 10.0. The van der Waals surface area contributed by atoms with Gasteiger partial charge in [-0.2, -0.15) is 0 Å². The van der Waals surface area contributed by atoms with Gasteiger partial charge in [0.15, 0.2) is 0 Å². The average Bonchev–Trinajstić information content (AvgIpc) is 2.86. The van der Waals surface area contributed by atoms with E-state index in [4.69, 9.17) is 4.74 Å². The zero-order valence-corrected chi connectivity index (χ0v) is 20.8. The van der Waals surface area contributed by atoms with Crippen LogP contribution in [0.1, 0.15) is 23.6 Å². The maximum Gasteiger partial charge on any atom is 0.243 e. The Kier molecular flexibility index (Phi) is 9.59. The van der Waals surface area contributed by atoms with Crippen LogP contribution in [0.4, 0.5) is 0 Å². The summed E-state index contributed by atoms with van der Waals surface area (Å²) >= 11 is 1.48. The van der Waals surface area contributed by atoms with Gasteiger partial charge in [-0.25, -0.2) is 0 Å². The first-order valence-electron chi connectivity index (χ1n) is 11.4. The molecule has 6 heteroatoms. The highest BCUT2D eigenvalue weighted by atomic mass is 32.2. The van der Waals surface area contributed by atoms with Gasteiger partial charge >= 0.3 is 0 Å². The molecular weight excluding hydrogens is 444 g/mol. The molecule has 1 unspecified atom stereocenters. The lowest BCUT2D eigenvalue weighted by Crippen LogP contribution is -2.51. The monoisotopic (exact) mass is 476 g/mol. The average molecular weight is 477 g/mol. The van der Waals surface area contributed by atoms with Crippen LogP contribution in [0.5, 0.6) is 5.75 Å². The van der Waals surface area contributed by atoms with Crippen LogP contribution in [-0.2, 0) is 22.6 Å². The maximum atomic E-state index is 13.6. The van der Waals surface area contributed by atoms with E-state index in [0.29, 0.717) is 19.5 Å². The van der Waals surface area contributed by atoms with Crippen LogP contribution in [0.15, 0.2) is 83.8 Å². The second kappa shape index (κ2) is 12.8. The highest BCUT2D eigenvalue weighted by Gasteiger charge is 2.30. The number of nitrogens with one attached hydrogen (secondary N) is 1. The third-order valence-electron chi connectivity index (χ3n) is 5.49. The van der Waals surface area contributed by atoms with Crippen molar-refractivity contribution >= 4 is 23.6 Å². The number of hydrogen-bond donors (Lipinski definition) is 1. The number of nitrogens with zero attached hydrogens (tertiary/aromatic N) is 1. The number of rotatable bonds is 11. The van der Waals surface area contributed by atoms with Crippen LogP contribution in [0, 0.1) is 6.92 Å². The lowest BCUT2D eigenvalue weighted by molar-refractivity contribution is -0.139. The van der Waals surface area contributed by atoms with Gasteiger partial charge in [0.2, 0.25) is 11.8 Å². The molecule has 0 saturated heterocycles. The molecule has 178 valence electrons. The van der Waals surface area contributed by atoms with E-state index >= 15 is 0 Å². The number of thioether (sulfide) groups is 1. The first kappa shape index (κ1) is 25.4. The largest absolute Gasteiger partial charge is 0.497 e. The number of ether oxygens (including phenoxy) is 1. The molecule has 3 aromatic carbocycles. The standard InChI is InChI=1S/C28H32N2O3S/c1-4-29-28(32)26(18-22-9-6-5-7-10-22)30(19-23-11-8-12-24(17-23)33-3)27(31)20-34-25-15-13-21(2)14-16-25/h5-17,26H,4,18-20H2,1-3H3,(H,29,32). The fraction of sp³-hybridized carbons (Fsp3) is 0.286. The first-order chi connectivity index (χ1) is 16.5. The van der Waals surface area contributed by atoms with Crippen molar-refractivity contribution in [2.24, 2.45) is 0 Å². The number of carbonyl (C=O) groups is 2. The third kappa shape index (κ3) is 7.39. The molecule has 0 aromatic heterocycles. The number of benzene rings is 3. The van der Waals surface area contributed by atoms with Crippen LogP contribution in [0.2, 0.25) is 0 Å². The van der Waals surface area contributed by atoms with Crippen molar-refractivity contribution in [3.05, 3.63) is 95.6 Å². The van der Waals surface area contributed by atoms with Crippen molar-refractivity contribution in [1.29, 1.82) is 0 Å². The Labute approximate surface area is 206 Å². The molecule has 0 aliphatic heterocycles. The molecule has 0 saturated carbocycles. The Balaban J connectivity index is 1.89. The Morgan fingerprint density at radius 3 is 2.35 bits per heavy atom. The van der Waals surface area contributed by atoms with Gasteiger partial charge in [-0.3, -0.25) is 9.59 Å². The second-order valence-electron chi connectivity index (χ2n) is 8.07. The molecule has 2 amide bonds. The van der Waals surface area contributed by atoms with Gasteiger partial charge < -0.3 is 15.0 Å². The van der Waals surface area contributed by atoms with E-state index in [2.05, 4.69) is 5.32 Å².